The smallest absolute Gasteiger partial charge is 0.317 e. The molecule has 0 bridgehead atoms. The fraction of sp³-hybridized carbons (Fsp3) is 0.125. The fourth-order valence-corrected chi connectivity index (χ4v) is 4.36. The molecule has 0 radical (unpaired) electrons. The van der Waals surface area contributed by atoms with E-state index in [9.17, 15) is 19.8 Å². The topological polar surface area (TPSA) is 92.4 Å². The number of aliphatic carboxylic acids is 1. The highest BCUT2D eigenvalue weighted by molar-refractivity contribution is 8.00. The number of benzene rings is 2. The second kappa shape index (κ2) is 8.65. The maximum absolute atomic E-state index is 12.6. The number of hydrogen-bond donors (Lipinski definition) is 2. The van der Waals surface area contributed by atoms with Crippen LogP contribution in [0.1, 0.15) is 30.2 Å². The number of fused-ring (bicyclic) bond motifs is 1. The van der Waals surface area contributed by atoms with E-state index in [0.29, 0.717) is 22.8 Å². The summed E-state index contributed by atoms with van der Waals surface area (Å²) in [6.45, 7) is 1.79. The van der Waals surface area contributed by atoms with E-state index >= 15 is 0 Å². The lowest BCUT2D eigenvalue weighted by Gasteiger charge is -2.12. The molecule has 0 fully saturated rings. The van der Waals surface area contributed by atoms with Gasteiger partial charge in [0, 0.05) is 5.57 Å². The molecular formula is C24H20N2O4S. The molecule has 7 heteroatoms. The van der Waals surface area contributed by atoms with Crippen molar-refractivity contribution in [1.82, 2.24) is 9.55 Å². The maximum atomic E-state index is 12.6. The molecule has 3 aromatic rings. The van der Waals surface area contributed by atoms with E-state index < -0.39 is 11.2 Å². The minimum absolute atomic E-state index is 0.152. The van der Waals surface area contributed by atoms with Crippen LogP contribution in [0.2, 0.25) is 0 Å². The zero-order chi connectivity index (χ0) is 22.0. The van der Waals surface area contributed by atoms with Crippen molar-refractivity contribution in [3.05, 3.63) is 77.5 Å². The minimum Gasteiger partial charge on any atom is -0.493 e. The Hall–Kier alpha value is -3.58. The zero-order valence-electron chi connectivity index (χ0n) is 16.7. The number of imidazole rings is 1. The number of allylic oxidation sites excluding steroid dienone is 2. The average Bonchev–Trinajstić information content (AvgIpc) is 3.09. The maximum Gasteiger partial charge on any atom is 0.317 e. The molecule has 2 aromatic carbocycles. The van der Waals surface area contributed by atoms with Crippen LogP contribution in [0.25, 0.3) is 23.4 Å². The largest absolute Gasteiger partial charge is 0.493 e. The monoisotopic (exact) mass is 432 g/mol. The number of rotatable bonds is 6. The second-order valence-electron chi connectivity index (χ2n) is 6.97. The predicted octanol–water partition coefficient (Wildman–Crippen LogP) is 4.67. The molecule has 4 rings (SSSR count). The first-order chi connectivity index (χ1) is 15.0. The molecule has 0 saturated heterocycles. The zero-order valence-corrected chi connectivity index (χ0v) is 17.5. The summed E-state index contributed by atoms with van der Waals surface area (Å²) >= 11 is 1.07. The van der Waals surface area contributed by atoms with Gasteiger partial charge in [0.25, 0.3) is 0 Å². The molecule has 1 aliphatic carbocycles. The summed E-state index contributed by atoms with van der Waals surface area (Å²) < 4.78 is 1.51. The quantitative estimate of drug-likeness (QED) is 0.434. The van der Waals surface area contributed by atoms with Gasteiger partial charge in [-0.15, -0.1) is 0 Å². The van der Waals surface area contributed by atoms with Crippen molar-refractivity contribution in [3.8, 4) is 11.6 Å². The van der Waals surface area contributed by atoms with Crippen LogP contribution in [0, 0.1) is 0 Å². The highest BCUT2D eigenvalue weighted by atomic mass is 32.2. The molecule has 31 heavy (non-hydrogen) atoms. The third-order valence-corrected chi connectivity index (χ3v) is 6.27. The summed E-state index contributed by atoms with van der Waals surface area (Å²) in [5.74, 6) is -1.28. The number of aromatic hydroxyl groups is 1. The van der Waals surface area contributed by atoms with Gasteiger partial charge >= 0.3 is 5.97 Å². The minimum atomic E-state index is -0.948. The number of carbonyl (C=O) groups is 2. The average molecular weight is 433 g/mol. The number of thioether (sulfide) groups is 1. The van der Waals surface area contributed by atoms with Crippen LogP contribution in [0.15, 0.2) is 65.8 Å². The summed E-state index contributed by atoms with van der Waals surface area (Å²) in [6, 6.07) is 16.6. The van der Waals surface area contributed by atoms with Crippen LogP contribution in [-0.4, -0.2) is 36.8 Å². The number of ketones is 1. The number of hydrogen-bond acceptors (Lipinski definition) is 5. The first kappa shape index (κ1) is 20.7. The van der Waals surface area contributed by atoms with Crippen molar-refractivity contribution >= 4 is 41.2 Å². The van der Waals surface area contributed by atoms with Crippen molar-refractivity contribution in [2.24, 2.45) is 0 Å². The van der Waals surface area contributed by atoms with Crippen molar-refractivity contribution in [2.45, 2.75) is 23.8 Å². The lowest BCUT2D eigenvalue weighted by molar-refractivity contribution is -0.136. The van der Waals surface area contributed by atoms with Crippen LogP contribution in [0.4, 0.5) is 0 Å². The summed E-state index contributed by atoms with van der Waals surface area (Å²) in [6.07, 6.45) is 5.21. The number of nitrogens with zero attached hydrogens (tertiary/aromatic N) is 2. The van der Waals surface area contributed by atoms with Crippen LogP contribution >= 0.6 is 11.8 Å². The lowest BCUT2D eigenvalue weighted by Crippen LogP contribution is -2.15. The second-order valence-corrected chi connectivity index (χ2v) is 8.14. The first-order valence-electron chi connectivity index (χ1n) is 9.79. The van der Waals surface area contributed by atoms with Crippen molar-refractivity contribution in [2.75, 3.05) is 0 Å². The Kier molecular flexibility index (Phi) is 5.77. The highest BCUT2D eigenvalue weighted by Gasteiger charge is 2.25. The Morgan fingerprint density at radius 3 is 2.55 bits per heavy atom. The highest BCUT2D eigenvalue weighted by Crippen LogP contribution is 2.36. The molecule has 2 N–H and O–H groups in total. The Balaban J connectivity index is 1.86. The number of para-hydroxylation sites is 1. The molecule has 0 amide bonds. The van der Waals surface area contributed by atoms with Gasteiger partial charge in [0.05, 0.1) is 5.69 Å². The molecule has 0 spiro atoms. The molecule has 156 valence electrons. The van der Waals surface area contributed by atoms with Crippen LogP contribution in [0.5, 0.6) is 5.88 Å². The first-order valence-corrected chi connectivity index (χ1v) is 10.7. The number of carbonyl (C=O) groups excluding carboxylic acids is 1. The van der Waals surface area contributed by atoms with Gasteiger partial charge in [-0.25, -0.2) is 4.98 Å². The van der Waals surface area contributed by atoms with Crippen LogP contribution in [-0.2, 0) is 9.59 Å². The molecule has 0 saturated carbocycles. The normalized spacial score (nSPS) is 15.1. The molecule has 6 nitrogen and oxygen atoms in total. The number of carboxylic acid groups (broad SMARTS) is 1. The van der Waals surface area contributed by atoms with E-state index in [4.69, 9.17) is 0 Å². The van der Waals surface area contributed by atoms with Crippen molar-refractivity contribution in [3.63, 3.8) is 0 Å². The van der Waals surface area contributed by atoms with E-state index in [2.05, 4.69) is 4.98 Å². The summed E-state index contributed by atoms with van der Waals surface area (Å²) in [5.41, 5.74) is 2.94. The van der Waals surface area contributed by atoms with E-state index in [1.807, 2.05) is 42.5 Å². The number of aromatic nitrogens is 2. The molecule has 1 heterocycles. The summed E-state index contributed by atoms with van der Waals surface area (Å²) in [4.78, 5) is 28.7. The molecule has 1 unspecified atom stereocenters. The third-order valence-electron chi connectivity index (χ3n) is 4.97. The molecule has 1 atom stereocenters. The van der Waals surface area contributed by atoms with Gasteiger partial charge < -0.3 is 10.2 Å². The van der Waals surface area contributed by atoms with Gasteiger partial charge in [0.1, 0.15) is 10.9 Å². The molecule has 1 aromatic heterocycles. The SMILES string of the molecule is CCC(Sc1nc(/C=C2/C(=O)C=Cc3ccccc32)c(O)n1-c1ccccc1)C(=O)O. The van der Waals surface area contributed by atoms with E-state index in [0.717, 1.165) is 22.9 Å². The van der Waals surface area contributed by atoms with E-state index in [1.54, 1.807) is 31.2 Å². The van der Waals surface area contributed by atoms with Crippen LogP contribution in [0.3, 0.4) is 0 Å². The van der Waals surface area contributed by atoms with Crippen molar-refractivity contribution < 1.29 is 19.8 Å². The van der Waals surface area contributed by atoms with Gasteiger partial charge in [0.15, 0.2) is 10.9 Å². The fourth-order valence-electron chi connectivity index (χ4n) is 3.39. The summed E-state index contributed by atoms with van der Waals surface area (Å²) in [5, 5.41) is 20.1. The van der Waals surface area contributed by atoms with Gasteiger partial charge in [0.2, 0.25) is 5.88 Å². The van der Waals surface area contributed by atoms with Gasteiger partial charge in [-0.2, -0.15) is 0 Å². The Labute approximate surface area is 183 Å². The molecule has 0 aliphatic heterocycles. The standard InChI is InChI=1S/C24H20N2O4S/c1-2-21(23(29)30)31-24-25-19(22(28)26(24)16-9-4-3-5-10-16)14-18-17-11-7-6-8-15(17)12-13-20(18)27/h3-14,21,28H,2H2,1H3,(H,29,30)/b18-14+. The van der Waals surface area contributed by atoms with Crippen LogP contribution < -0.4 is 0 Å². The van der Waals surface area contributed by atoms with Gasteiger partial charge in [-0.3, -0.25) is 14.2 Å². The lowest BCUT2D eigenvalue weighted by atomic mass is 9.91. The van der Waals surface area contributed by atoms with Crippen molar-refractivity contribution in [1.29, 1.82) is 0 Å². The predicted molar refractivity (Wildman–Crippen MR) is 121 cm³/mol. The summed E-state index contributed by atoms with van der Waals surface area (Å²) in [7, 11) is 0. The Bertz CT molecular complexity index is 1210. The van der Waals surface area contributed by atoms with Gasteiger partial charge in [-0.05, 0) is 41.8 Å². The number of carboxylic acids is 1. The molecule has 1 aliphatic rings. The van der Waals surface area contributed by atoms with E-state index in [1.165, 1.54) is 10.6 Å². The Morgan fingerprint density at radius 1 is 1.13 bits per heavy atom. The third kappa shape index (κ3) is 4.04. The van der Waals surface area contributed by atoms with Gasteiger partial charge in [-0.1, -0.05) is 67.2 Å². The van der Waals surface area contributed by atoms with E-state index in [-0.39, 0.29) is 17.4 Å². The Morgan fingerprint density at radius 2 is 1.84 bits per heavy atom. The molecular weight excluding hydrogens is 412 g/mol.